The summed E-state index contributed by atoms with van der Waals surface area (Å²) < 4.78 is 13.3. The molecule has 0 N–H and O–H groups in total. The van der Waals surface area contributed by atoms with Gasteiger partial charge in [-0.05, 0) is 37.8 Å². The van der Waals surface area contributed by atoms with Gasteiger partial charge in [-0.25, -0.2) is 0 Å². The summed E-state index contributed by atoms with van der Waals surface area (Å²) in [7, 11) is 0. The van der Waals surface area contributed by atoms with Crippen molar-refractivity contribution in [2.75, 3.05) is 25.4 Å². The average Bonchev–Trinajstić information content (AvgIpc) is 3.40. The standard InChI is InChI=1S/C17H22N4O3S/c22-15(20-7-1-2-8-20)12-25-17-19-18-16(14-6-4-10-24-14)21(17)11-13-5-3-9-23-13/h4,6,10,13H,1-3,5,7-9,11-12H2/t13-/m0/s1. The number of thioether (sulfide) groups is 1. The summed E-state index contributed by atoms with van der Waals surface area (Å²) in [6.45, 7) is 3.24. The molecule has 0 bridgehead atoms. The Bertz CT molecular complexity index is 704. The van der Waals surface area contributed by atoms with Gasteiger partial charge in [0.1, 0.15) is 0 Å². The molecule has 134 valence electrons. The summed E-state index contributed by atoms with van der Waals surface area (Å²) >= 11 is 1.44. The van der Waals surface area contributed by atoms with Crippen LogP contribution in [-0.2, 0) is 16.1 Å². The van der Waals surface area contributed by atoms with Gasteiger partial charge in [0.2, 0.25) is 11.7 Å². The first kappa shape index (κ1) is 16.7. The molecule has 2 aromatic heterocycles. The second-order valence-electron chi connectivity index (χ2n) is 6.41. The van der Waals surface area contributed by atoms with E-state index in [9.17, 15) is 4.79 Å². The maximum absolute atomic E-state index is 12.3. The number of amides is 1. The van der Waals surface area contributed by atoms with Crippen LogP contribution in [0.1, 0.15) is 25.7 Å². The zero-order valence-corrected chi connectivity index (χ0v) is 14.9. The predicted molar refractivity (Wildman–Crippen MR) is 93.2 cm³/mol. The van der Waals surface area contributed by atoms with E-state index in [-0.39, 0.29) is 12.0 Å². The lowest BCUT2D eigenvalue weighted by Gasteiger charge is -2.16. The summed E-state index contributed by atoms with van der Waals surface area (Å²) in [5, 5.41) is 9.34. The Balaban J connectivity index is 1.50. The van der Waals surface area contributed by atoms with Crippen LogP contribution in [0.4, 0.5) is 0 Å². The number of carbonyl (C=O) groups excluding carboxylic acids is 1. The number of hydrogen-bond acceptors (Lipinski definition) is 6. The van der Waals surface area contributed by atoms with E-state index in [1.807, 2.05) is 21.6 Å². The van der Waals surface area contributed by atoms with Crippen LogP contribution in [0.5, 0.6) is 0 Å². The molecular weight excluding hydrogens is 340 g/mol. The van der Waals surface area contributed by atoms with Crippen molar-refractivity contribution in [1.29, 1.82) is 0 Å². The molecule has 2 aliphatic rings. The van der Waals surface area contributed by atoms with E-state index in [2.05, 4.69) is 10.2 Å². The number of aromatic nitrogens is 3. The Labute approximate surface area is 150 Å². The quantitative estimate of drug-likeness (QED) is 0.735. The molecule has 2 aromatic rings. The van der Waals surface area contributed by atoms with E-state index in [0.29, 0.717) is 23.9 Å². The van der Waals surface area contributed by atoms with Crippen molar-refractivity contribution in [2.24, 2.45) is 0 Å². The number of nitrogens with zero attached hydrogens (tertiary/aromatic N) is 4. The van der Waals surface area contributed by atoms with Crippen molar-refractivity contribution in [1.82, 2.24) is 19.7 Å². The van der Waals surface area contributed by atoms with Gasteiger partial charge >= 0.3 is 0 Å². The van der Waals surface area contributed by atoms with Gasteiger partial charge in [-0.3, -0.25) is 9.36 Å². The van der Waals surface area contributed by atoms with E-state index >= 15 is 0 Å². The van der Waals surface area contributed by atoms with E-state index in [0.717, 1.165) is 50.5 Å². The number of furan rings is 1. The Kier molecular flexibility index (Phi) is 5.07. The van der Waals surface area contributed by atoms with Gasteiger partial charge in [0.15, 0.2) is 10.9 Å². The van der Waals surface area contributed by atoms with E-state index in [1.165, 1.54) is 11.8 Å². The van der Waals surface area contributed by atoms with Crippen LogP contribution < -0.4 is 0 Å². The summed E-state index contributed by atoms with van der Waals surface area (Å²) in [5.74, 6) is 1.94. The normalized spacial score (nSPS) is 20.5. The molecule has 4 rings (SSSR count). The molecule has 0 radical (unpaired) electrons. The maximum Gasteiger partial charge on any atom is 0.233 e. The van der Waals surface area contributed by atoms with Crippen molar-refractivity contribution in [3.8, 4) is 11.6 Å². The Morgan fingerprint density at radius 1 is 1.28 bits per heavy atom. The fraction of sp³-hybridized carbons (Fsp3) is 0.588. The molecule has 2 aliphatic heterocycles. The lowest BCUT2D eigenvalue weighted by atomic mass is 10.2. The minimum absolute atomic E-state index is 0.165. The first-order valence-corrected chi connectivity index (χ1v) is 9.79. The number of likely N-dealkylation sites (tertiary alicyclic amines) is 1. The molecule has 0 aliphatic carbocycles. The highest BCUT2D eigenvalue weighted by atomic mass is 32.2. The molecule has 0 aromatic carbocycles. The smallest absolute Gasteiger partial charge is 0.233 e. The molecule has 4 heterocycles. The first-order chi connectivity index (χ1) is 12.3. The Morgan fingerprint density at radius 2 is 2.16 bits per heavy atom. The second kappa shape index (κ2) is 7.61. The van der Waals surface area contributed by atoms with Crippen LogP contribution in [-0.4, -0.2) is 57.1 Å². The highest BCUT2D eigenvalue weighted by Gasteiger charge is 2.24. The molecule has 0 unspecified atom stereocenters. The van der Waals surface area contributed by atoms with E-state index in [1.54, 1.807) is 6.26 Å². The Hall–Kier alpha value is -1.80. The van der Waals surface area contributed by atoms with Crippen LogP contribution in [0.2, 0.25) is 0 Å². The lowest BCUT2D eigenvalue weighted by Crippen LogP contribution is -2.29. The summed E-state index contributed by atoms with van der Waals surface area (Å²) in [4.78, 5) is 14.2. The minimum atomic E-state index is 0.165. The topological polar surface area (TPSA) is 73.4 Å². The fourth-order valence-electron chi connectivity index (χ4n) is 3.32. The molecule has 1 amide bonds. The van der Waals surface area contributed by atoms with Crippen LogP contribution in [0, 0.1) is 0 Å². The number of ether oxygens (including phenoxy) is 1. The summed E-state index contributed by atoms with van der Waals surface area (Å²) in [6.07, 6.45) is 6.12. The highest BCUT2D eigenvalue weighted by Crippen LogP contribution is 2.27. The first-order valence-electron chi connectivity index (χ1n) is 8.80. The zero-order chi connectivity index (χ0) is 17.1. The third-order valence-corrected chi connectivity index (χ3v) is 5.60. The zero-order valence-electron chi connectivity index (χ0n) is 14.1. The highest BCUT2D eigenvalue weighted by molar-refractivity contribution is 7.99. The SMILES string of the molecule is O=C(CSc1nnc(-c2ccco2)n1C[C@@H]1CCCO1)N1CCCC1. The van der Waals surface area contributed by atoms with Crippen molar-refractivity contribution < 1.29 is 13.9 Å². The van der Waals surface area contributed by atoms with Gasteiger partial charge in [-0.1, -0.05) is 11.8 Å². The van der Waals surface area contributed by atoms with Crippen LogP contribution in [0.25, 0.3) is 11.6 Å². The molecule has 0 spiro atoms. The third kappa shape index (κ3) is 3.74. The van der Waals surface area contributed by atoms with Crippen molar-refractivity contribution >= 4 is 17.7 Å². The molecule has 1 atom stereocenters. The van der Waals surface area contributed by atoms with Crippen molar-refractivity contribution in [2.45, 2.75) is 43.5 Å². The molecule has 7 nitrogen and oxygen atoms in total. The van der Waals surface area contributed by atoms with Gasteiger partial charge in [-0.2, -0.15) is 0 Å². The number of rotatable bonds is 6. The molecule has 8 heteroatoms. The van der Waals surface area contributed by atoms with Crippen molar-refractivity contribution in [3.63, 3.8) is 0 Å². The summed E-state index contributed by atoms with van der Waals surface area (Å²) in [6, 6.07) is 3.71. The van der Waals surface area contributed by atoms with Crippen LogP contribution in [0.15, 0.2) is 28.0 Å². The molecule has 25 heavy (non-hydrogen) atoms. The van der Waals surface area contributed by atoms with Crippen LogP contribution >= 0.6 is 11.8 Å². The second-order valence-corrected chi connectivity index (χ2v) is 7.35. The van der Waals surface area contributed by atoms with Gasteiger partial charge in [0.25, 0.3) is 0 Å². The van der Waals surface area contributed by atoms with E-state index < -0.39 is 0 Å². The van der Waals surface area contributed by atoms with Gasteiger partial charge in [-0.15, -0.1) is 10.2 Å². The van der Waals surface area contributed by atoms with Crippen molar-refractivity contribution in [3.05, 3.63) is 18.4 Å². The van der Waals surface area contributed by atoms with Gasteiger partial charge in [0.05, 0.1) is 24.7 Å². The minimum Gasteiger partial charge on any atom is -0.461 e. The molecule has 0 saturated carbocycles. The number of hydrogen-bond donors (Lipinski definition) is 0. The maximum atomic E-state index is 12.3. The Morgan fingerprint density at radius 3 is 2.88 bits per heavy atom. The van der Waals surface area contributed by atoms with Crippen LogP contribution in [0.3, 0.4) is 0 Å². The molecule has 2 fully saturated rings. The largest absolute Gasteiger partial charge is 0.461 e. The van der Waals surface area contributed by atoms with Gasteiger partial charge in [0, 0.05) is 19.7 Å². The van der Waals surface area contributed by atoms with E-state index in [4.69, 9.17) is 9.15 Å². The molecule has 2 saturated heterocycles. The average molecular weight is 362 g/mol. The lowest BCUT2D eigenvalue weighted by molar-refractivity contribution is -0.127. The monoisotopic (exact) mass is 362 g/mol. The number of carbonyl (C=O) groups is 1. The fourth-order valence-corrected chi connectivity index (χ4v) is 4.17. The predicted octanol–water partition coefficient (Wildman–Crippen LogP) is 2.43. The third-order valence-electron chi connectivity index (χ3n) is 4.65. The van der Waals surface area contributed by atoms with Gasteiger partial charge < -0.3 is 14.1 Å². The molecular formula is C17H22N4O3S. The summed E-state index contributed by atoms with van der Waals surface area (Å²) in [5.41, 5.74) is 0.